The third-order valence-corrected chi connectivity index (χ3v) is 4.92. The molecule has 6 nitrogen and oxygen atoms in total. The summed E-state index contributed by atoms with van der Waals surface area (Å²) in [6.45, 7) is 0.647. The summed E-state index contributed by atoms with van der Waals surface area (Å²) < 4.78 is 5.50. The Hall–Kier alpha value is -3.64. The molecule has 4 N–H and O–H groups in total. The number of nitrogens with one attached hydrogen (secondary N) is 2. The number of ether oxygens (including phenoxy) is 1. The fraction of sp³-hybridized carbons (Fsp3) is 0.130. The zero-order valence-electron chi connectivity index (χ0n) is 15.8. The molecule has 0 atom stereocenters. The van der Waals surface area contributed by atoms with Crippen LogP contribution >= 0.6 is 0 Å². The molecule has 6 heteroatoms. The average Bonchev–Trinajstić information content (AvgIpc) is 3.09. The van der Waals surface area contributed by atoms with Crippen molar-refractivity contribution >= 4 is 18.0 Å². The molecule has 4 rings (SSSR count). The number of carbonyl (C=O) groups is 1. The maximum Gasteiger partial charge on any atom is 0.407 e. The fourth-order valence-electron chi connectivity index (χ4n) is 3.60. The summed E-state index contributed by atoms with van der Waals surface area (Å²) in [5.41, 5.74) is 8.05. The Balaban J connectivity index is 1.32. The van der Waals surface area contributed by atoms with Crippen LogP contribution in [-0.2, 0) is 4.74 Å². The van der Waals surface area contributed by atoms with Gasteiger partial charge in [-0.15, -0.1) is 0 Å². The zero-order chi connectivity index (χ0) is 20.1. The van der Waals surface area contributed by atoms with Crippen molar-refractivity contribution in [3.8, 4) is 11.1 Å². The van der Waals surface area contributed by atoms with E-state index in [1.807, 2.05) is 48.6 Å². The van der Waals surface area contributed by atoms with Crippen molar-refractivity contribution in [1.29, 1.82) is 0 Å². The molecule has 1 aromatic heterocycles. The Kier molecular flexibility index (Phi) is 5.54. The summed E-state index contributed by atoms with van der Waals surface area (Å²) in [4.78, 5) is 16.4. The van der Waals surface area contributed by atoms with Gasteiger partial charge in [-0.2, -0.15) is 0 Å². The van der Waals surface area contributed by atoms with Gasteiger partial charge in [-0.1, -0.05) is 60.7 Å². The minimum Gasteiger partial charge on any atom is -0.449 e. The van der Waals surface area contributed by atoms with Crippen molar-refractivity contribution in [2.24, 2.45) is 5.84 Å². The van der Waals surface area contributed by atoms with Crippen molar-refractivity contribution in [1.82, 2.24) is 10.3 Å². The van der Waals surface area contributed by atoms with E-state index in [-0.39, 0.29) is 5.92 Å². The summed E-state index contributed by atoms with van der Waals surface area (Å²) in [5, 5.41) is 2.74. The van der Waals surface area contributed by atoms with Crippen LogP contribution in [0.3, 0.4) is 0 Å². The summed E-state index contributed by atoms with van der Waals surface area (Å²) in [7, 11) is 0. The molecule has 29 heavy (non-hydrogen) atoms. The van der Waals surface area contributed by atoms with Gasteiger partial charge in [-0.05, 0) is 40.5 Å². The van der Waals surface area contributed by atoms with Crippen molar-refractivity contribution in [2.75, 3.05) is 18.6 Å². The Morgan fingerprint density at radius 1 is 1.00 bits per heavy atom. The maximum absolute atomic E-state index is 12.1. The van der Waals surface area contributed by atoms with Crippen LogP contribution in [0.2, 0.25) is 0 Å². The summed E-state index contributed by atoms with van der Waals surface area (Å²) in [6.07, 6.45) is 3.18. The topological polar surface area (TPSA) is 89.3 Å². The Morgan fingerprint density at radius 3 is 2.38 bits per heavy atom. The van der Waals surface area contributed by atoms with Crippen LogP contribution in [0.5, 0.6) is 0 Å². The highest BCUT2D eigenvalue weighted by Crippen LogP contribution is 2.44. The number of carbonyl (C=O) groups excluding carboxylic acids is 1. The number of anilines is 1. The monoisotopic (exact) mass is 386 g/mol. The smallest absolute Gasteiger partial charge is 0.407 e. The Labute approximate surface area is 169 Å². The van der Waals surface area contributed by atoms with Gasteiger partial charge in [-0.3, -0.25) is 0 Å². The molecular weight excluding hydrogens is 364 g/mol. The number of nitrogen functional groups attached to an aromatic ring is 1. The molecule has 1 aliphatic rings. The molecule has 2 aromatic carbocycles. The van der Waals surface area contributed by atoms with E-state index < -0.39 is 6.09 Å². The van der Waals surface area contributed by atoms with E-state index in [0.29, 0.717) is 19.0 Å². The van der Waals surface area contributed by atoms with Crippen LogP contribution in [0.1, 0.15) is 22.7 Å². The number of aromatic nitrogens is 1. The predicted molar refractivity (Wildman–Crippen MR) is 114 cm³/mol. The Bertz CT molecular complexity index is 1000. The van der Waals surface area contributed by atoms with Gasteiger partial charge < -0.3 is 15.5 Å². The Morgan fingerprint density at radius 2 is 1.69 bits per heavy atom. The van der Waals surface area contributed by atoms with E-state index in [4.69, 9.17) is 10.6 Å². The maximum atomic E-state index is 12.1. The van der Waals surface area contributed by atoms with Gasteiger partial charge in [-0.25, -0.2) is 15.6 Å². The van der Waals surface area contributed by atoms with Crippen LogP contribution in [0, 0.1) is 0 Å². The molecule has 0 spiro atoms. The molecule has 146 valence electrons. The second kappa shape index (κ2) is 8.58. The van der Waals surface area contributed by atoms with Crippen LogP contribution in [0.4, 0.5) is 10.6 Å². The summed E-state index contributed by atoms with van der Waals surface area (Å²) in [5.74, 6) is 5.98. The molecule has 1 amide bonds. The number of nitrogens with two attached hydrogens (primary N) is 1. The number of pyridine rings is 1. The normalized spacial score (nSPS) is 12.4. The molecular formula is C23H22N4O2. The van der Waals surface area contributed by atoms with Gasteiger partial charge in [0, 0.05) is 12.5 Å². The third kappa shape index (κ3) is 4.12. The SMILES string of the molecule is NNc1cccc(C=CCNC(=O)OCC2c3ccccc3-c3ccccc32)n1. The van der Waals surface area contributed by atoms with E-state index in [2.05, 4.69) is 40.0 Å². The molecule has 0 aliphatic heterocycles. The molecule has 1 heterocycles. The molecule has 0 bridgehead atoms. The van der Waals surface area contributed by atoms with Crippen molar-refractivity contribution in [3.63, 3.8) is 0 Å². The highest BCUT2D eigenvalue weighted by atomic mass is 16.5. The molecule has 0 radical (unpaired) electrons. The van der Waals surface area contributed by atoms with Gasteiger partial charge in [0.05, 0.1) is 5.69 Å². The lowest BCUT2D eigenvalue weighted by atomic mass is 9.98. The van der Waals surface area contributed by atoms with Crippen molar-refractivity contribution < 1.29 is 9.53 Å². The van der Waals surface area contributed by atoms with Crippen molar-refractivity contribution in [3.05, 3.63) is 89.6 Å². The first-order chi connectivity index (χ1) is 14.3. The average molecular weight is 386 g/mol. The minimum absolute atomic E-state index is 0.0550. The molecule has 0 fully saturated rings. The molecule has 0 saturated heterocycles. The van der Waals surface area contributed by atoms with E-state index in [1.165, 1.54) is 22.3 Å². The van der Waals surface area contributed by atoms with Gasteiger partial charge in [0.2, 0.25) is 0 Å². The van der Waals surface area contributed by atoms with Gasteiger partial charge in [0.15, 0.2) is 0 Å². The number of benzene rings is 2. The number of nitrogens with zero attached hydrogens (tertiary/aromatic N) is 1. The second-order valence-electron chi connectivity index (χ2n) is 6.70. The van der Waals surface area contributed by atoms with E-state index in [0.717, 1.165) is 5.69 Å². The first kappa shape index (κ1) is 18.7. The second-order valence-corrected chi connectivity index (χ2v) is 6.70. The minimum atomic E-state index is -0.443. The lowest BCUT2D eigenvalue weighted by molar-refractivity contribution is 0.144. The van der Waals surface area contributed by atoms with E-state index >= 15 is 0 Å². The summed E-state index contributed by atoms with van der Waals surface area (Å²) >= 11 is 0. The van der Waals surface area contributed by atoms with E-state index in [9.17, 15) is 4.79 Å². The molecule has 3 aromatic rings. The van der Waals surface area contributed by atoms with Gasteiger partial charge in [0.1, 0.15) is 12.4 Å². The van der Waals surface area contributed by atoms with Crippen LogP contribution in [0.15, 0.2) is 72.8 Å². The summed E-state index contributed by atoms with van der Waals surface area (Å²) in [6, 6.07) is 22.0. The van der Waals surface area contributed by atoms with Gasteiger partial charge in [0.25, 0.3) is 0 Å². The van der Waals surface area contributed by atoms with E-state index in [1.54, 1.807) is 6.07 Å². The first-order valence-electron chi connectivity index (χ1n) is 9.45. The number of hydrazine groups is 1. The zero-order valence-corrected chi connectivity index (χ0v) is 15.8. The highest BCUT2D eigenvalue weighted by molar-refractivity contribution is 5.79. The highest BCUT2D eigenvalue weighted by Gasteiger charge is 2.28. The predicted octanol–water partition coefficient (Wildman–Crippen LogP) is 3.92. The van der Waals surface area contributed by atoms with Crippen LogP contribution in [0.25, 0.3) is 17.2 Å². The number of fused-ring (bicyclic) bond motifs is 3. The standard InChI is InChI=1S/C23H22N4O2/c24-27-22-13-5-7-16(26-22)8-6-14-25-23(28)29-15-21-19-11-3-1-9-17(19)18-10-2-4-12-20(18)21/h1-13,21H,14-15,24H2,(H,25,28)(H,26,27). The molecule has 0 saturated carbocycles. The molecule has 1 aliphatic carbocycles. The number of hydrogen-bond donors (Lipinski definition) is 3. The van der Waals surface area contributed by atoms with Crippen LogP contribution in [-0.4, -0.2) is 24.2 Å². The number of amides is 1. The first-order valence-corrected chi connectivity index (χ1v) is 9.45. The van der Waals surface area contributed by atoms with Crippen LogP contribution < -0.4 is 16.6 Å². The lowest BCUT2D eigenvalue weighted by Crippen LogP contribution is -2.26. The lowest BCUT2D eigenvalue weighted by Gasteiger charge is -2.14. The number of alkyl carbamates (subject to hydrolysis) is 1. The van der Waals surface area contributed by atoms with Gasteiger partial charge >= 0.3 is 6.09 Å². The quantitative estimate of drug-likeness (QED) is 0.441. The number of hydrogen-bond acceptors (Lipinski definition) is 5. The van der Waals surface area contributed by atoms with Crippen molar-refractivity contribution in [2.45, 2.75) is 5.92 Å². The number of rotatable bonds is 6. The molecule has 0 unspecified atom stereocenters. The largest absolute Gasteiger partial charge is 0.449 e. The fourth-order valence-corrected chi connectivity index (χ4v) is 3.60. The third-order valence-electron chi connectivity index (χ3n) is 4.92.